The van der Waals surface area contributed by atoms with Crippen LogP contribution in [-0.4, -0.2) is 10.9 Å². The Morgan fingerprint density at radius 1 is 1.14 bits per heavy atom. The highest BCUT2D eigenvalue weighted by Crippen LogP contribution is 2.37. The summed E-state index contributed by atoms with van der Waals surface area (Å²) in [6.45, 7) is 0. The number of benzene rings is 2. The first-order chi connectivity index (χ1) is 9.95. The van der Waals surface area contributed by atoms with Gasteiger partial charge >= 0.3 is 0 Å². The zero-order valence-electron chi connectivity index (χ0n) is 10.4. The van der Waals surface area contributed by atoms with Gasteiger partial charge in [0.05, 0.1) is 15.6 Å². The Labute approximate surface area is 134 Å². The molecule has 0 bridgehead atoms. The molecule has 0 saturated carbocycles. The molecule has 3 aromatic rings. The van der Waals surface area contributed by atoms with Gasteiger partial charge in [-0.3, -0.25) is 4.79 Å². The molecule has 7 heteroatoms. The molecule has 2 N–H and O–H groups in total. The number of aromatic nitrogens is 1. The van der Waals surface area contributed by atoms with E-state index in [2.05, 4.69) is 4.98 Å². The third-order valence-corrected chi connectivity index (χ3v) is 3.92. The average molecular weight is 342 g/mol. The van der Waals surface area contributed by atoms with Crippen LogP contribution in [0.2, 0.25) is 15.1 Å². The lowest BCUT2D eigenvalue weighted by Gasteiger charge is -2.02. The predicted octanol–water partition coefficient (Wildman–Crippen LogP) is 4.55. The van der Waals surface area contributed by atoms with Crippen LogP contribution in [0.3, 0.4) is 0 Å². The van der Waals surface area contributed by atoms with Crippen LogP contribution in [0.15, 0.2) is 34.7 Å². The summed E-state index contributed by atoms with van der Waals surface area (Å²) in [5.74, 6) is -0.272. The average Bonchev–Trinajstić information content (AvgIpc) is 2.85. The molecule has 1 aromatic heterocycles. The Bertz CT molecular complexity index is 874. The lowest BCUT2D eigenvalue weighted by molar-refractivity contribution is 0.100. The van der Waals surface area contributed by atoms with Crippen LogP contribution in [-0.2, 0) is 0 Å². The number of nitrogens with zero attached hydrogens (tertiary/aromatic N) is 1. The maximum Gasteiger partial charge on any atom is 0.248 e. The van der Waals surface area contributed by atoms with Gasteiger partial charge in [0.15, 0.2) is 5.58 Å². The van der Waals surface area contributed by atoms with Crippen molar-refractivity contribution in [1.82, 2.24) is 4.98 Å². The molecule has 0 aliphatic rings. The summed E-state index contributed by atoms with van der Waals surface area (Å²) in [4.78, 5) is 15.5. The molecule has 106 valence electrons. The molecule has 1 amide bonds. The van der Waals surface area contributed by atoms with Gasteiger partial charge in [-0.15, -0.1) is 0 Å². The van der Waals surface area contributed by atoms with E-state index in [0.717, 1.165) is 0 Å². The highest BCUT2D eigenvalue weighted by molar-refractivity contribution is 6.44. The molecule has 0 aliphatic heterocycles. The molecule has 0 atom stereocenters. The van der Waals surface area contributed by atoms with Crippen molar-refractivity contribution in [2.24, 2.45) is 5.73 Å². The van der Waals surface area contributed by atoms with E-state index < -0.39 is 5.91 Å². The second-order valence-electron chi connectivity index (χ2n) is 4.31. The number of halogens is 3. The molecule has 4 nitrogen and oxygen atoms in total. The van der Waals surface area contributed by atoms with Gasteiger partial charge in [0.25, 0.3) is 0 Å². The van der Waals surface area contributed by atoms with E-state index in [1.54, 1.807) is 24.3 Å². The minimum Gasteiger partial charge on any atom is -0.436 e. The minimum absolute atomic E-state index is 0.265. The number of hydrogen-bond acceptors (Lipinski definition) is 3. The normalized spacial score (nSPS) is 11.0. The molecule has 3 rings (SSSR count). The van der Waals surface area contributed by atoms with Crippen LogP contribution < -0.4 is 5.73 Å². The summed E-state index contributed by atoms with van der Waals surface area (Å²) in [7, 11) is 0. The highest BCUT2D eigenvalue weighted by Gasteiger charge is 2.16. The number of carbonyl (C=O) groups is 1. The molecular weight excluding hydrogens is 335 g/mol. The van der Waals surface area contributed by atoms with Gasteiger partial charge in [-0.1, -0.05) is 34.8 Å². The molecule has 1 heterocycles. The molecular formula is C14H7Cl3N2O2. The Hall–Kier alpha value is -1.75. The molecule has 0 aliphatic carbocycles. The number of carbonyl (C=O) groups excluding carboxylic acids is 1. The minimum atomic E-state index is -0.537. The second-order valence-corrected chi connectivity index (χ2v) is 5.54. The lowest BCUT2D eigenvalue weighted by Crippen LogP contribution is -2.10. The molecule has 0 spiro atoms. The summed E-state index contributed by atoms with van der Waals surface area (Å²) >= 11 is 18.1. The van der Waals surface area contributed by atoms with Crippen LogP contribution >= 0.6 is 34.8 Å². The van der Waals surface area contributed by atoms with Crippen LogP contribution in [0.5, 0.6) is 0 Å². The van der Waals surface area contributed by atoms with Gasteiger partial charge < -0.3 is 10.2 Å². The zero-order valence-corrected chi connectivity index (χ0v) is 12.6. The highest BCUT2D eigenvalue weighted by atomic mass is 35.5. The third-order valence-electron chi connectivity index (χ3n) is 2.90. The van der Waals surface area contributed by atoms with Crippen LogP contribution in [0, 0.1) is 0 Å². The number of oxazole rings is 1. The van der Waals surface area contributed by atoms with Crippen LogP contribution in [0.25, 0.3) is 22.6 Å². The van der Waals surface area contributed by atoms with E-state index in [1.807, 2.05) is 0 Å². The smallest absolute Gasteiger partial charge is 0.248 e. The van der Waals surface area contributed by atoms with Crippen molar-refractivity contribution in [3.63, 3.8) is 0 Å². The zero-order chi connectivity index (χ0) is 15.1. The SMILES string of the molecule is NC(=O)c1ccc2oc(-c3cc(Cl)cc(Cl)c3Cl)nc2c1. The number of amides is 1. The van der Waals surface area contributed by atoms with Crippen molar-refractivity contribution in [3.05, 3.63) is 51.0 Å². The first-order valence-corrected chi connectivity index (χ1v) is 6.94. The van der Waals surface area contributed by atoms with E-state index in [-0.39, 0.29) is 5.89 Å². The largest absolute Gasteiger partial charge is 0.436 e. The van der Waals surface area contributed by atoms with Crippen molar-refractivity contribution in [3.8, 4) is 11.5 Å². The summed E-state index contributed by atoms with van der Waals surface area (Å²) in [5, 5.41) is 1.02. The summed E-state index contributed by atoms with van der Waals surface area (Å²) in [6.07, 6.45) is 0. The van der Waals surface area contributed by atoms with E-state index in [4.69, 9.17) is 45.0 Å². The van der Waals surface area contributed by atoms with Crippen molar-refractivity contribution in [2.75, 3.05) is 0 Å². The van der Waals surface area contributed by atoms with Gasteiger partial charge in [-0.2, -0.15) is 0 Å². The Morgan fingerprint density at radius 3 is 2.62 bits per heavy atom. The number of hydrogen-bond donors (Lipinski definition) is 1. The first-order valence-electron chi connectivity index (χ1n) is 5.81. The third kappa shape index (κ3) is 2.58. The van der Waals surface area contributed by atoms with Crippen molar-refractivity contribution in [1.29, 1.82) is 0 Å². The van der Waals surface area contributed by atoms with Gasteiger partial charge in [0.2, 0.25) is 11.8 Å². The molecule has 0 radical (unpaired) electrons. The van der Waals surface area contributed by atoms with Crippen molar-refractivity contribution >= 4 is 51.8 Å². The summed E-state index contributed by atoms with van der Waals surface area (Å²) < 4.78 is 5.61. The summed E-state index contributed by atoms with van der Waals surface area (Å²) in [5.41, 5.74) is 7.05. The van der Waals surface area contributed by atoms with E-state index in [1.165, 1.54) is 6.07 Å². The molecule has 21 heavy (non-hydrogen) atoms. The Kier molecular flexibility index (Phi) is 3.53. The predicted molar refractivity (Wildman–Crippen MR) is 83.0 cm³/mol. The van der Waals surface area contributed by atoms with E-state index in [0.29, 0.717) is 37.3 Å². The second kappa shape index (κ2) is 5.22. The number of nitrogens with two attached hydrogens (primary N) is 1. The van der Waals surface area contributed by atoms with Gasteiger partial charge in [0, 0.05) is 10.6 Å². The molecule has 0 saturated heterocycles. The van der Waals surface area contributed by atoms with Crippen LogP contribution in [0.1, 0.15) is 10.4 Å². The topological polar surface area (TPSA) is 69.1 Å². The lowest BCUT2D eigenvalue weighted by atomic mass is 10.2. The van der Waals surface area contributed by atoms with Gasteiger partial charge in [0.1, 0.15) is 5.52 Å². The maximum absolute atomic E-state index is 11.2. The molecule has 0 unspecified atom stereocenters. The van der Waals surface area contributed by atoms with Gasteiger partial charge in [-0.25, -0.2) is 4.98 Å². The van der Waals surface area contributed by atoms with Crippen molar-refractivity contribution < 1.29 is 9.21 Å². The molecule has 0 fully saturated rings. The Balaban J connectivity index is 2.20. The van der Waals surface area contributed by atoms with Gasteiger partial charge in [-0.05, 0) is 30.3 Å². The Morgan fingerprint density at radius 2 is 1.90 bits per heavy atom. The fraction of sp³-hybridized carbons (Fsp3) is 0. The molecule has 2 aromatic carbocycles. The number of primary amides is 1. The first kappa shape index (κ1) is 14.2. The fourth-order valence-corrected chi connectivity index (χ4v) is 2.59. The van der Waals surface area contributed by atoms with E-state index >= 15 is 0 Å². The summed E-state index contributed by atoms with van der Waals surface area (Å²) in [6, 6.07) is 7.86. The number of fused-ring (bicyclic) bond motifs is 1. The quantitative estimate of drug-likeness (QED) is 0.695. The fourth-order valence-electron chi connectivity index (χ4n) is 1.91. The maximum atomic E-state index is 11.2. The standard InChI is InChI=1S/C14H7Cl3N2O2/c15-7-4-8(12(17)9(16)5-7)14-19-10-3-6(13(18)20)1-2-11(10)21-14/h1-5H,(H2,18,20). The van der Waals surface area contributed by atoms with Crippen molar-refractivity contribution in [2.45, 2.75) is 0 Å². The number of rotatable bonds is 2. The van der Waals surface area contributed by atoms with Crippen LogP contribution in [0.4, 0.5) is 0 Å². The van der Waals surface area contributed by atoms with E-state index in [9.17, 15) is 4.79 Å². The monoisotopic (exact) mass is 340 g/mol.